The van der Waals surface area contributed by atoms with Crippen LogP contribution in [0.25, 0.3) is 0 Å². The molecule has 19 heavy (non-hydrogen) atoms. The molecule has 6 nitrogen and oxygen atoms in total. The van der Waals surface area contributed by atoms with Crippen LogP contribution in [0.4, 0.5) is 0 Å². The summed E-state index contributed by atoms with van der Waals surface area (Å²) in [5, 5.41) is 15.9. The van der Waals surface area contributed by atoms with E-state index in [0.717, 1.165) is 30.8 Å². The molecule has 1 aromatic heterocycles. The van der Waals surface area contributed by atoms with Gasteiger partial charge in [0, 0.05) is 0 Å². The largest absolute Gasteiger partial charge is 0.480 e. The van der Waals surface area contributed by atoms with E-state index in [1.807, 2.05) is 6.92 Å². The summed E-state index contributed by atoms with van der Waals surface area (Å²) in [5.74, 6) is -1.35. The maximum absolute atomic E-state index is 12.2. The van der Waals surface area contributed by atoms with Crippen molar-refractivity contribution in [2.24, 2.45) is 5.92 Å². The Morgan fingerprint density at radius 2 is 2.21 bits per heavy atom. The number of carboxylic acid groups (broad SMARTS) is 1. The molecule has 0 spiro atoms. The quantitative estimate of drug-likeness (QED) is 0.825. The van der Waals surface area contributed by atoms with Gasteiger partial charge in [0.05, 0.1) is 5.69 Å². The molecule has 1 amide bonds. The van der Waals surface area contributed by atoms with Gasteiger partial charge in [-0.15, -0.1) is 5.10 Å². The van der Waals surface area contributed by atoms with Gasteiger partial charge in [-0.3, -0.25) is 4.79 Å². The number of carboxylic acids is 1. The Labute approximate surface area is 115 Å². The number of hydrogen-bond acceptors (Lipinski definition) is 5. The van der Waals surface area contributed by atoms with Gasteiger partial charge in [-0.25, -0.2) is 4.79 Å². The van der Waals surface area contributed by atoms with E-state index in [4.69, 9.17) is 0 Å². The first-order valence-corrected chi connectivity index (χ1v) is 7.13. The predicted octanol–water partition coefficient (Wildman–Crippen LogP) is 1.47. The molecule has 1 heterocycles. The van der Waals surface area contributed by atoms with Gasteiger partial charge in [0.2, 0.25) is 0 Å². The van der Waals surface area contributed by atoms with Crippen molar-refractivity contribution in [2.45, 2.75) is 45.1 Å². The van der Waals surface area contributed by atoms with Crippen molar-refractivity contribution in [2.75, 3.05) is 0 Å². The minimum Gasteiger partial charge on any atom is -0.480 e. The van der Waals surface area contributed by atoms with Crippen LogP contribution < -0.4 is 5.32 Å². The zero-order valence-electron chi connectivity index (χ0n) is 11.0. The van der Waals surface area contributed by atoms with Gasteiger partial charge in [-0.05, 0) is 43.6 Å². The summed E-state index contributed by atoms with van der Waals surface area (Å²) in [5.41, 5.74) is -0.543. The van der Waals surface area contributed by atoms with Crippen LogP contribution in [0.5, 0.6) is 0 Å². The lowest BCUT2D eigenvalue weighted by atomic mass is 9.96. The molecule has 1 aromatic rings. The molecule has 2 rings (SSSR count). The molecule has 7 heteroatoms. The van der Waals surface area contributed by atoms with Crippen molar-refractivity contribution in [3.8, 4) is 0 Å². The highest BCUT2D eigenvalue weighted by atomic mass is 32.1. The molecule has 0 aliphatic heterocycles. The standard InChI is InChI=1S/C12H17N3O3S/c1-3-4-8-9(19-15-14-8)10(16)13-12(2,11(17)18)7-5-6-7/h7H,3-6H2,1-2H3,(H,13,16)(H,17,18). The second kappa shape index (κ2) is 5.24. The fraction of sp³-hybridized carbons (Fsp3) is 0.667. The molecule has 1 fully saturated rings. The lowest BCUT2D eigenvalue weighted by molar-refractivity contribution is -0.144. The molecule has 0 aromatic carbocycles. The number of amides is 1. The molecule has 104 valence electrons. The number of carbonyl (C=O) groups is 2. The van der Waals surface area contributed by atoms with E-state index >= 15 is 0 Å². The topological polar surface area (TPSA) is 92.2 Å². The highest BCUT2D eigenvalue weighted by molar-refractivity contribution is 7.08. The number of nitrogens with one attached hydrogen (secondary N) is 1. The van der Waals surface area contributed by atoms with Crippen molar-refractivity contribution in [1.29, 1.82) is 0 Å². The van der Waals surface area contributed by atoms with Crippen LogP contribution in [0.3, 0.4) is 0 Å². The number of hydrogen-bond donors (Lipinski definition) is 2. The molecular weight excluding hydrogens is 266 g/mol. The third kappa shape index (κ3) is 2.75. The second-order valence-corrected chi connectivity index (χ2v) is 5.79. The van der Waals surface area contributed by atoms with Crippen molar-refractivity contribution in [3.05, 3.63) is 10.6 Å². The summed E-state index contributed by atoms with van der Waals surface area (Å²) in [6.45, 7) is 3.56. The predicted molar refractivity (Wildman–Crippen MR) is 70.1 cm³/mol. The third-order valence-electron chi connectivity index (χ3n) is 3.46. The van der Waals surface area contributed by atoms with E-state index in [1.54, 1.807) is 6.92 Å². The van der Waals surface area contributed by atoms with Crippen molar-refractivity contribution in [3.63, 3.8) is 0 Å². The van der Waals surface area contributed by atoms with E-state index in [2.05, 4.69) is 14.9 Å². The molecule has 0 saturated heterocycles. The van der Waals surface area contributed by atoms with Gasteiger partial charge in [-0.1, -0.05) is 17.8 Å². The third-order valence-corrected chi connectivity index (χ3v) is 4.23. The maximum atomic E-state index is 12.2. The van der Waals surface area contributed by atoms with E-state index in [9.17, 15) is 14.7 Å². The van der Waals surface area contributed by atoms with Gasteiger partial charge in [0.15, 0.2) is 0 Å². The lowest BCUT2D eigenvalue weighted by Gasteiger charge is -2.25. The lowest BCUT2D eigenvalue weighted by Crippen LogP contribution is -2.54. The summed E-state index contributed by atoms with van der Waals surface area (Å²) in [4.78, 5) is 24.0. The normalized spacial score (nSPS) is 17.8. The van der Waals surface area contributed by atoms with Crippen LogP contribution in [0.2, 0.25) is 0 Å². The average Bonchev–Trinajstić information content (AvgIpc) is 3.10. The van der Waals surface area contributed by atoms with Gasteiger partial charge in [-0.2, -0.15) is 0 Å². The Balaban J connectivity index is 2.15. The number of nitrogens with zero attached hydrogens (tertiary/aromatic N) is 2. The Morgan fingerprint density at radius 3 is 2.74 bits per heavy atom. The number of aliphatic carboxylic acids is 1. The first kappa shape index (κ1) is 13.9. The van der Waals surface area contributed by atoms with Gasteiger partial charge >= 0.3 is 5.97 Å². The summed E-state index contributed by atoms with van der Waals surface area (Å²) in [6, 6.07) is 0. The van der Waals surface area contributed by atoms with Crippen LogP contribution >= 0.6 is 11.5 Å². The molecule has 1 saturated carbocycles. The van der Waals surface area contributed by atoms with Crippen LogP contribution in [0, 0.1) is 5.92 Å². The van der Waals surface area contributed by atoms with Gasteiger partial charge in [0.25, 0.3) is 5.91 Å². The minimum absolute atomic E-state index is 0.0180. The van der Waals surface area contributed by atoms with Crippen LogP contribution in [0.15, 0.2) is 0 Å². The van der Waals surface area contributed by atoms with E-state index in [0.29, 0.717) is 17.0 Å². The smallest absolute Gasteiger partial charge is 0.329 e. The molecule has 2 N–H and O–H groups in total. The molecule has 1 aliphatic carbocycles. The number of aryl methyl sites for hydroxylation is 1. The maximum Gasteiger partial charge on any atom is 0.329 e. The summed E-state index contributed by atoms with van der Waals surface area (Å²) < 4.78 is 3.78. The Kier molecular flexibility index (Phi) is 3.84. The Bertz CT molecular complexity index is 498. The summed E-state index contributed by atoms with van der Waals surface area (Å²) in [7, 11) is 0. The van der Waals surface area contributed by atoms with Crippen molar-refractivity contribution in [1.82, 2.24) is 14.9 Å². The molecule has 0 bridgehead atoms. The Hall–Kier alpha value is -1.50. The molecular formula is C12H17N3O3S. The van der Waals surface area contributed by atoms with Crippen molar-refractivity contribution < 1.29 is 14.7 Å². The number of aromatic nitrogens is 2. The summed E-state index contributed by atoms with van der Waals surface area (Å²) in [6.07, 6.45) is 3.22. The van der Waals surface area contributed by atoms with Crippen LogP contribution in [-0.4, -0.2) is 32.1 Å². The Morgan fingerprint density at radius 1 is 1.53 bits per heavy atom. The number of rotatable bonds is 6. The van der Waals surface area contributed by atoms with Crippen LogP contribution in [0.1, 0.15) is 48.5 Å². The molecule has 0 radical (unpaired) electrons. The van der Waals surface area contributed by atoms with Gasteiger partial charge < -0.3 is 10.4 Å². The summed E-state index contributed by atoms with van der Waals surface area (Å²) >= 11 is 1.02. The molecule has 1 atom stereocenters. The van der Waals surface area contributed by atoms with E-state index < -0.39 is 11.5 Å². The monoisotopic (exact) mass is 283 g/mol. The van der Waals surface area contributed by atoms with E-state index in [1.165, 1.54) is 0 Å². The fourth-order valence-corrected chi connectivity index (χ4v) is 2.67. The number of carbonyl (C=O) groups excluding carboxylic acids is 1. The van der Waals surface area contributed by atoms with E-state index in [-0.39, 0.29) is 11.8 Å². The molecule has 1 aliphatic rings. The zero-order chi connectivity index (χ0) is 14.0. The second-order valence-electron chi connectivity index (χ2n) is 5.03. The minimum atomic E-state index is -1.19. The van der Waals surface area contributed by atoms with Crippen LogP contribution in [-0.2, 0) is 11.2 Å². The first-order chi connectivity index (χ1) is 8.99. The highest BCUT2D eigenvalue weighted by Gasteiger charge is 2.49. The van der Waals surface area contributed by atoms with Crippen molar-refractivity contribution >= 4 is 23.4 Å². The first-order valence-electron chi connectivity index (χ1n) is 6.36. The SMILES string of the molecule is CCCc1nnsc1C(=O)NC(C)(C(=O)O)C1CC1. The average molecular weight is 283 g/mol. The molecule has 1 unspecified atom stereocenters. The fourth-order valence-electron chi connectivity index (χ4n) is 2.06. The highest BCUT2D eigenvalue weighted by Crippen LogP contribution is 2.40. The van der Waals surface area contributed by atoms with Gasteiger partial charge in [0.1, 0.15) is 10.4 Å². The zero-order valence-corrected chi connectivity index (χ0v) is 11.8.